The summed E-state index contributed by atoms with van der Waals surface area (Å²) < 4.78 is 5.81. The molecular weight excluding hydrogens is 318 g/mol. The minimum absolute atomic E-state index is 0.0285. The van der Waals surface area contributed by atoms with Crippen LogP contribution in [0.5, 0.6) is 5.75 Å². The topological polar surface area (TPSA) is 66.8 Å². The second-order valence-corrected chi connectivity index (χ2v) is 7.25. The van der Waals surface area contributed by atoms with E-state index in [1.165, 1.54) is 6.92 Å². The maximum absolute atomic E-state index is 12.9. The molecule has 1 aliphatic heterocycles. The van der Waals surface area contributed by atoms with Gasteiger partial charge in [-0.1, -0.05) is 18.6 Å². The summed E-state index contributed by atoms with van der Waals surface area (Å²) in [6.07, 6.45) is 3.90. The summed E-state index contributed by atoms with van der Waals surface area (Å²) in [4.78, 5) is 26.3. The highest BCUT2D eigenvalue weighted by molar-refractivity contribution is 5.94. The van der Waals surface area contributed by atoms with Crippen molar-refractivity contribution in [2.75, 3.05) is 6.54 Å². The van der Waals surface area contributed by atoms with Gasteiger partial charge in [-0.15, -0.1) is 0 Å². The Morgan fingerprint density at radius 2 is 2.04 bits per heavy atom. The van der Waals surface area contributed by atoms with Crippen LogP contribution in [-0.2, 0) is 4.79 Å². The molecule has 0 bridgehead atoms. The zero-order valence-corrected chi connectivity index (χ0v) is 15.0. The molecule has 0 radical (unpaired) electrons. The predicted octanol–water partition coefficient (Wildman–Crippen LogP) is 2.81. The number of likely N-dealkylation sites (tertiary alicyclic amines) is 1. The molecule has 1 amide bonds. The first-order valence-corrected chi connectivity index (χ1v) is 9.23. The van der Waals surface area contributed by atoms with Crippen molar-refractivity contribution >= 4 is 11.7 Å². The zero-order chi connectivity index (χ0) is 18.0. The van der Waals surface area contributed by atoms with Gasteiger partial charge in [0.15, 0.2) is 11.9 Å². The molecule has 1 heterocycles. The lowest BCUT2D eigenvalue weighted by Crippen LogP contribution is -2.47. The average molecular weight is 345 g/mol. The van der Waals surface area contributed by atoms with Crippen molar-refractivity contribution in [1.82, 2.24) is 4.90 Å². The van der Waals surface area contributed by atoms with E-state index >= 15 is 0 Å². The van der Waals surface area contributed by atoms with Gasteiger partial charge in [0, 0.05) is 24.1 Å². The van der Waals surface area contributed by atoms with E-state index in [1.807, 2.05) is 4.90 Å². The van der Waals surface area contributed by atoms with E-state index in [9.17, 15) is 14.7 Å². The molecule has 1 saturated carbocycles. The number of ketones is 1. The molecule has 1 aromatic rings. The SMILES string of the molecule is CC(=O)c1cccc(O[C@H](C)C(=O)N2CCC[C@@H]2[C@@H]2CCC[C@H]2O)c1. The summed E-state index contributed by atoms with van der Waals surface area (Å²) in [6, 6.07) is 7.06. The molecule has 3 rings (SSSR count). The van der Waals surface area contributed by atoms with E-state index in [2.05, 4.69) is 0 Å². The molecule has 5 heteroatoms. The van der Waals surface area contributed by atoms with Crippen LogP contribution in [0.15, 0.2) is 24.3 Å². The third-order valence-corrected chi connectivity index (χ3v) is 5.51. The number of rotatable bonds is 5. The van der Waals surface area contributed by atoms with Crippen molar-refractivity contribution in [3.8, 4) is 5.75 Å². The second-order valence-electron chi connectivity index (χ2n) is 7.25. The van der Waals surface area contributed by atoms with Gasteiger partial charge in [-0.2, -0.15) is 0 Å². The third kappa shape index (κ3) is 3.87. The molecule has 1 aromatic carbocycles. The van der Waals surface area contributed by atoms with E-state index < -0.39 is 6.10 Å². The Kier molecular flexibility index (Phi) is 5.42. The van der Waals surface area contributed by atoms with Crippen LogP contribution in [0.2, 0.25) is 0 Å². The van der Waals surface area contributed by atoms with E-state index in [-0.39, 0.29) is 29.8 Å². The van der Waals surface area contributed by atoms with Crippen molar-refractivity contribution in [2.24, 2.45) is 5.92 Å². The summed E-state index contributed by atoms with van der Waals surface area (Å²) in [7, 11) is 0. The summed E-state index contributed by atoms with van der Waals surface area (Å²) in [6.45, 7) is 3.99. The zero-order valence-electron chi connectivity index (χ0n) is 15.0. The number of hydrogen-bond donors (Lipinski definition) is 1. The minimum atomic E-state index is -0.610. The average Bonchev–Trinajstić information content (AvgIpc) is 3.22. The van der Waals surface area contributed by atoms with Crippen molar-refractivity contribution in [2.45, 2.75) is 64.2 Å². The third-order valence-electron chi connectivity index (χ3n) is 5.51. The van der Waals surface area contributed by atoms with Crippen molar-refractivity contribution < 1.29 is 19.4 Å². The maximum Gasteiger partial charge on any atom is 0.263 e. The number of ether oxygens (including phenoxy) is 1. The van der Waals surface area contributed by atoms with Gasteiger partial charge >= 0.3 is 0 Å². The monoisotopic (exact) mass is 345 g/mol. The fraction of sp³-hybridized carbons (Fsp3) is 0.600. The number of carbonyl (C=O) groups excluding carboxylic acids is 2. The van der Waals surface area contributed by atoms with E-state index in [1.54, 1.807) is 31.2 Å². The van der Waals surface area contributed by atoms with Gasteiger partial charge in [-0.25, -0.2) is 0 Å². The molecule has 25 heavy (non-hydrogen) atoms. The number of Topliss-reactive ketones (excluding diaryl/α,β-unsaturated/α-hetero) is 1. The van der Waals surface area contributed by atoms with Crippen molar-refractivity contribution in [3.63, 3.8) is 0 Å². The van der Waals surface area contributed by atoms with Crippen LogP contribution >= 0.6 is 0 Å². The molecule has 2 fully saturated rings. The van der Waals surface area contributed by atoms with Gasteiger partial charge in [0.1, 0.15) is 5.75 Å². The van der Waals surface area contributed by atoms with Gasteiger partial charge in [0.25, 0.3) is 5.91 Å². The maximum atomic E-state index is 12.9. The second kappa shape index (κ2) is 7.56. The van der Waals surface area contributed by atoms with Crippen molar-refractivity contribution in [3.05, 3.63) is 29.8 Å². The summed E-state index contributed by atoms with van der Waals surface area (Å²) in [5.74, 6) is 0.666. The van der Waals surface area contributed by atoms with E-state index in [4.69, 9.17) is 4.74 Å². The number of aliphatic hydroxyl groups is 1. The fourth-order valence-electron chi connectivity index (χ4n) is 4.21. The van der Waals surface area contributed by atoms with Crippen molar-refractivity contribution in [1.29, 1.82) is 0 Å². The minimum Gasteiger partial charge on any atom is -0.481 e. The Labute approximate surface area is 149 Å². The summed E-state index contributed by atoms with van der Waals surface area (Å²) in [5, 5.41) is 10.2. The molecule has 4 atom stereocenters. The largest absolute Gasteiger partial charge is 0.481 e. The smallest absolute Gasteiger partial charge is 0.263 e. The van der Waals surface area contributed by atoms with Crippen LogP contribution in [0.4, 0.5) is 0 Å². The highest BCUT2D eigenvalue weighted by atomic mass is 16.5. The van der Waals surface area contributed by atoms with Crippen LogP contribution in [-0.4, -0.2) is 46.5 Å². The number of aliphatic hydroxyl groups excluding tert-OH is 1. The fourth-order valence-corrected chi connectivity index (χ4v) is 4.21. The van der Waals surface area contributed by atoms with Gasteiger partial charge < -0.3 is 14.7 Å². The van der Waals surface area contributed by atoms with E-state index in [0.717, 1.165) is 38.6 Å². The number of nitrogens with zero attached hydrogens (tertiary/aromatic N) is 1. The molecule has 136 valence electrons. The molecule has 1 N–H and O–H groups in total. The first-order chi connectivity index (χ1) is 12.0. The number of carbonyl (C=O) groups is 2. The number of hydrogen-bond acceptors (Lipinski definition) is 4. The Hall–Kier alpha value is -1.88. The highest BCUT2D eigenvalue weighted by Gasteiger charge is 2.41. The van der Waals surface area contributed by atoms with Crippen LogP contribution in [0.3, 0.4) is 0 Å². The summed E-state index contributed by atoms with van der Waals surface area (Å²) in [5.41, 5.74) is 0.574. The standard InChI is InChI=1S/C20H27NO4/c1-13(22)15-6-3-7-16(12-15)25-14(2)20(24)21-11-5-9-18(21)17-8-4-10-19(17)23/h3,6-7,12,14,17-19,23H,4-5,8-11H2,1-2H3/t14-,17+,18-,19-/m1/s1. The normalized spacial score (nSPS) is 27.3. The molecular formula is C20H27NO4. The number of benzene rings is 1. The molecule has 0 unspecified atom stereocenters. The molecule has 2 aliphatic rings. The van der Waals surface area contributed by atoms with Crippen LogP contribution in [0, 0.1) is 5.92 Å². The molecule has 5 nitrogen and oxygen atoms in total. The predicted molar refractivity (Wildman–Crippen MR) is 94.6 cm³/mol. The molecule has 1 saturated heterocycles. The highest BCUT2D eigenvalue weighted by Crippen LogP contribution is 2.36. The van der Waals surface area contributed by atoms with Gasteiger partial charge in [0.05, 0.1) is 6.10 Å². The van der Waals surface area contributed by atoms with Gasteiger partial charge in [-0.05, 0) is 51.7 Å². The van der Waals surface area contributed by atoms with E-state index in [0.29, 0.717) is 11.3 Å². The lowest BCUT2D eigenvalue weighted by molar-refractivity contribution is -0.140. The van der Waals surface area contributed by atoms with Gasteiger partial charge in [0.2, 0.25) is 0 Å². The Balaban J connectivity index is 1.67. The summed E-state index contributed by atoms with van der Waals surface area (Å²) >= 11 is 0. The quantitative estimate of drug-likeness (QED) is 0.834. The van der Waals surface area contributed by atoms with Crippen LogP contribution < -0.4 is 4.74 Å². The lowest BCUT2D eigenvalue weighted by atomic mass is 9.94. The lowest BCUT2D eigenvalue weighted by Gasteiger charge is -2.33. The first-order valence-electron chi connectivity index (χ1n) is 9.23. The van der Waals surface area contributed by atoms with Gasteiger partial charge in [-0.3, -0.25) is 9.59 Å². The number of amides is 1. The van der Waals surface area contributed by atoms with Crippen LogP contribution in [0.25, 0.3) is 0 Å². The Morgan fingerprint density at radius 1 is 1.24 bits per heavy atom. The molecule has 0 spiro atoms. The Morgan fingerprint density at radius 3 is 2.72 bits per heavy atom. The molecule has 0 aromatic heterocycles. The first kappa shape index (κ1) is 17.9. The Bertz CT molecular complexity index is 644. The van der Waals surface area contributed by atoms with Crippen LogP contribution in [0.1, 0.15) is 56.3 Å². The molecule has 1 aliphatic carbocycles.